The molecule has 0 saturated heterocycles. The van der Waals surface area contributed by atoms with Gasteiger partial charge in [-0.25, -0.2) is 4.98 Å². The third-order valence-corrected chi connectivity index (χ3v) is 6.77. The number of hydrogen-bond acceptors (Lipinski definition) is 8. The van der Waals surface area contributed by atoms with Gasteiger partial charge in [0.1, 0.15) is 27.6 Å². The molecule has 0 aliphatic carbocycles. The van der Waals surface area contributed by atoms with Gasteiger partial charge in [0, 0.05) is 6.20 Å². The van der Waals surface area contributed by atoms with Crippen molar-refractivity contribution < 1.29 is 18.9 Å². The van der Waals surface area contributed by atoms with Crippen LogP contribution in [-0.2, 0) is 6.54 Å². The number of rotatable bonds is 4. The van der Waals surface area contributed by atoms with E-state index in [-0.39, 0.29) is 28.6 Å². The van der Waals surface area contributed by atoms with Crippen molar-refractivity contribution in [3.8, 4) is 11.5 Å². The summed E-state index contributed by atoms with van der Waals surface area (Å²) in [7, 11) is -2.00. The quantitative estimate of drug-likeness (QED) is 0.358. The van der Waals surface area contributed by atoms with Crippen LogP contribution in [0.3, 0.4) is 0 Å². The Hall–Kier alpha value is -3.86. The number of hydrogen-bond donors (Lipinski definition) is 4. The first-order valence-electron chi connectivity index (χ1n) is 9.97. The van der Waals surface area contributed by atoms with Crippen LogP contribution in [0.15, 0.2) is 80.9 Å². The molecule has 0 unspecified atom stereocenters. The van der Waals surface area contributed by atoms with Crippen LogP contribution in [0.5, 0.6) is 11.5 Å². The minimum absolute atomic E-state index is 0.120. The second-order valence-electron chi connectivity index (χ2n) is 7.42. The molecular weight excluding hydrogens is 444 g/mol. The Balaban J connectivity index is 1.71. The standard InChI is InChI=1S/C23H20N4O5S/c1-32-15-10-8-14(9-11-15)13-27-22-16(5-4-12-24-22)20(28)19(23(27)29)21-25-17-6-2-3-7-18(17)33(30,31)26-21/h2-12,28,30-31H,13H2,1H3,(H,25,26). The van der Waals surface area contributed by atoms with Crippen LogP contribution in [0.4, 0.5) is 5.69 Å². The van der Waals surface area contributed by atoms with Crippen molar-refractivity contribution in [3.63, 3.8) is 0 Å². The van der Waals surface area contributed by atoms with Crippen LogP contribution in [0.25, 0.3) is 11.0 Å². The van der Waals surface area contributed by atoms with E-state index in [1.54, 1.807) is 55.6 Å². The van der Waals surface area contributed by atoms with Gasteiger partial charge in [0.15, 0.2) is 5.84 Å². The van der Waals surface area contributed by atoms with Gasteiger partial charge in [-0.05, 0) is 42.0 Å². The predicted octanol–water partition coefficient (Wildman–Crippen LogP) is 4.06. The zero-order valence-electron chi connectivity index (χ0n) is 17.5. The van der Waals surface area contributed by atoms with E-state index in [1.807, 2.05) is 12.1 Å². The molecule has 0 bridgehead atoms. The SMILES string of the molecule is COc1ccc(Cn2c(=O)c(C3=NS(O)(O)c4ccccc4N3)c(O)c3cccnc32)cc1. The number of methoxy groups -OCH3 is 1. The monoisotopic (exact) mass is 464 g/mol. The third kappa shape index (κ3) is 3.59. The fraction of sp³-hybridized carbons (Fsp3) is 0.0870. The van der Waals surface area contributed by atoms with E-state index in [0.717, 1.165) is 5.56 Å². The topological polar surface area (TPSA) is 129 Å². The first-order valence-corrected chi connectivity index (χ1v) is 11.5. The predicted molar refractivity (Wildman–Crippen MR) is 127 cm³/mol. The summed E-state index contributed by atoms with van der Waals surface area (Å²) in [4.78, 5) is 18.1. The van der Waals surface area contributed by atoms with Gasteiger partial charge >= 0.3 is 0 Å². The van der Waals surface area contributed by atoms with Gasteiger partial charge in [-0.2, -0.15) is 0 Å². The molecule has 2 aromatic heterocycles. The normalized spacial score (nSPS) is 15.3. The number of nitrogens with zero attached hydrogens (tertiary/aromatic N) is 3. The average Bonchev–Trinajstić information content (AvgIpc) is 2.82. The molecule has 0 atom stereocenters. The Bertz CT molecular complexity index is 1460. The van der Waals surface area contributed by atoms with Crippen molar-refractivity contribution >= 4 is 33.3 Å². The van der Waals surface area contributed by atoms with Crippen molar-refractivity contribution in [3.05, 3.63) is 88.3 Å². The van der Waals surface area contributed by atoms with Gasteiger partial charge in [0.2, 0.25) is 0 Å². The van der Waals surface area contributed by atoms with Crippen LogP contribution in [0, 0.1) is 0 Å². The molecule has 0 spiro atoms. The molecule has 4 aromatic rings. The highest BCUT2D eigenvalue weighted by molar-refractivity contribution is 8.23. The lowest BCUT2D eigenvalue weighted by molar-refractivity contribution is 0.414. The number of para-hydroxylation sites is 1. The summed E-state index contributed by atoms with van der Waals surface area (Å²) in [5.74, 6) is 0.227. The molecule has 0 fully saturated rings. The Labute approximate surface area is 190 Å². The first kappa shape index (κ1) is 21.0. The molecule has 33 heavy (non-hydrogen) atoms. The van der Waals surface area contributed by atoms with E-state index in [4.69, 9.17) is 4.74 Å². The van der Waals surface area contributed by atoms with Crippen LogP contribution < -0.4 is 15.6 Å². The number of fused-ring (bicyclic) bond motifs is 2. The number of ether oxygens (including phenoxy) is 1. The van der Waals surface area contributed by atoms with Gasteiger partial charge in [0.05, 0.1) is 24.7 Å². The van der Waals surface area contributed by atoms with Crippen LogP contribution in [-0.4, -0.2) is 36.7 Å². The van der Waals surface area contributed by atoms with E-state index in [0.29, 0.717) is 22.5 Å². The van der Waals surface area contributed by atoms with Crippen molar-refractivity contribution in [2.24, 2.45) is 4.40 Å². The van der Waals surface area contributed by atoms with Crippen LogP contribution >= 0.6 is 10.8 Å². The second-order valence-corrected chi connectivity index (χ2v) is 9.08. The summed E-state index contributed by atoms with van der Waals surface area (Å²) in [5, 5.41) is 14.3. The summed E-state index contributed by atoms with van der Waals surface area (Å²) in [6.45, 7) is 0.170. The summed E-state index contributed by atoms with van der Waals surface area (Å²) in [6, 6.07) is 17.1. The van der Waals surface area contributed by atoms with E-state index in [1.165, 1.54) is 10.8 Å². The molecular formula is C23H20N4O5S. The van der Waals surface area contributed by atoms with E-state index >= 15 is 0 Å². The van der Waals surface area contributed by atoms with Gasteiger partial charge in [-0.15, -0.1) is 4.40 Å². The largest absolute Gasteiger partial charge is 0.506 e. The maximum absolute atomic E-state index is 13.6. The summed E-state index contributed by atoms with van der Waals surface area (Å²) >= 11 is 0. The minimum Gasteiger partial charge on any atom is -0.506 e. The molecule has 9 nitrogen and oxygen atoms in total. The van der Waals surface area contributed by atoms with Crippen molar-refractivity contribution in [2.75, 3.05) is 12.4 Å². The van der Waals surface area contributed by atoms with Crippen LogP contribution in [0.2, 0.25) is 0 Å². The zero-order valence-corrected chi connectivity index (χ0v) is 18.3. The third-order valence-electron chi connectivity index (χ3n) is 5.38. The number of anilines is 1. The van der Waals surface area contributed by atoms with Crippen molar-refractivity contribution in [1.29, 1.82) is 0 Å². The van der Waals surface area contributed by atoms with E-state index in [9.17, 15) is 19.0 Å². The molecule has 0 radical (unpaired) electrons. The fourth-order valence-corrected chi connectivity index (χ4v) is 4.95. The Morgan fingerprint density at radius 1 is 1.06 bits per heavy atom. The summed E-state index contributed by atoms with van der Waals surface area (Å²) < 4.78 is 31.8. The molecule has 0 amide bonds. The number of aromatic hydroxyl groups is 1. The second kappa shape index (κ2) is 7.93. The number of amidine groups is 1. The first-order chi connectivity index (χ1) is 15.9. The lowest BCUT2D eigenvalue weighted by atomic mass is 10.1. The average molecular weight is 465 g/mol. The highest BCUT2D eigenvalue weighted by atomic mass is 32.3. The van der Waals surface area contributed by atoms with Gasteiger partial charge < -0.3 is 15.2 Å². The van der Waals surface area contributed by atoms with E-state index < -0.39 is 16.3 Å². The Morgan fingerprint density at radius 2 is 1.82 bits per heavy atom. The number of nitrogens with one attached hydrogen (secondary N) is 1. The van der Waals surface area contributed by atoms with Crippen molar-refractivity contribution in [1.82, 2.24) is 9.55 Å². The molecule has 0 saturated carbocycles. The van der Waals surface area contributed by atoms with Crippen LogP contribution in [0.1, 0.15) is 11.1 Å². The molecule has 1 aliphatic heterocycles. The molecule has 4 N–H and O–H groups in total. The van der Waals surface area contributed by atoms with E-state index in [2.05, 4.69) is 14.7 Å². The van der Waals surface area contributed by atoms with Gasteiger partial charge in [-0.1, -0.05) is 35.0 Å². The minimum atomic E-state index is -3.57. The Morgan fingerprint density at radius 3 is 2.58 bits per heavy atom. The van der Waals surface area contributed by atoms with Crippen molar-refractivity contribution in [2.45, 2.75) is 11.4 Å². The summed E-state index contributed by atoms with van der Waals surface area (Å²) in [6.07, 6.45) is 1.54. The molecule has 1 aliphatic rings. The smallest absolute Gasteiger partial charge is 0.267 e. The summed E-state index contributed by atoms with van der Waals surface area (Å²) in [5.41, 5.74) is 0.765. The highest BCUT2D eigenvalue weighted by Crippen LogP contribution is 2.55. The maximum atomic E-state index is 13.6. The van der Waals surface area contributed by atoms with Gasteiger partial charge in [0.25, 0.3) is 5.56 Å². The molecule has 3 heterocycles. The lowest BCUT2D eigenvalue weighted by Gasteiger charge is -2.34. The number of aromatic nitrogens is 2. The van der Waals surface area contributed by atoms with Gasteiger partial charge in [-0.3, -0.25) is 18.5 Å². The Kier molecular flexibility index (Phi) is 5.05. The maximum Gasteiger partial charge on any atom is 0.267 e. The molecule has 168 valence electrons. The molecule has 10 heteroatoms. The lowest BCUT2D eigenvalue weighted by Crippen LogP contribution is -2.32. The number of pyridine rings is 2. The highest BCUT2D eigenvalue weighted by Gasteiger charge is 2.30. The number of benzene rings is 2. The fourth-order valence-electron chi connectivity index (χ4n) is 3.78. The molecule has 2 aromatic carbocycles. The molecule has 5 rings (SSSR count). The zero-order chi connectivity index (χ0) is 23.2.